The number of piperidine rings is 1. The van der Waals surface area contributed by atoms with Crippen molar-refractivity contribution in [3.05, 3.63) is 69.8 Å². The van der Waals surface area contributed by atoms with E-state index >= 15 is 0 Å². The van der Waals surface area contributed by atoms with E-state index in [0.29, 0.717) is 12.4 Å². The molecular formula is C25H27ClF3N5O5. The summed E-state index contributed by atoms with van der Waals surface area (Å²) in [6, 6.07) is 9.73. The van der Waals surface area contributed by atoms with Gasteiger partial charge in [-0.15, -0.1) is 0 Å². The van der Waals surface area contributed by atoms with Crippen LogP contribution in [0.1, 0.15) is 24.8 Å². The summed E-state index contributed by atoms with van der Waals surface area (Å²) in [6.07, 6.45) is -1.21. The van der Waals surface area contributed by atoms with Gasteiger partial charge in [-0.2, -0.15) is 13.2 Å². The standard InChI is InChI=1S/C25H27ClF3N5O5/c26-24-31-22(34(36)37)14-33(24)12-9-20(35)16-38-21-4-2-19(3-5-21)32-10-7-17(8-11-32)15-39-23-6-1-18(13-30-23)25(27,28)29/h1-6,13-14,17,20,35H,7-12,15-16H2. The molecule has 1 unspecified atom stereocenters. The van der Waals surface area contributed by atoms with E-state index in [0.717, 1.165) is 43.9 Å². The van der Waals surface area contributed by atoms with E-state index in [2.05, 4.69) is 14.9 Å². The maximum absolute atomic E-state index is 12.7. The van der Waals surface area contributed by atoms with Crippen LogP contribution >= 0.6 is 11.6 Å². The molecule has 4 rings (SSSR count). The van der Waals surface area contributed by atoms with Crippen LogP contribution in [0.25, 0.3) is 0 Å². The van der Waals surface area contributed by atoms with Gasteiger partial charge in [-0.05, 0) is 77.0 Å². The lowest BCUT2D eigenvalue weighted by Crippen LogP contribution is -2.35. The summed E-state index contributed by atoms with van der Waals surface area (Å²) in [6.45, 7) is 2.31. The number of aromatic nitrogens is 3. The van der Waals surface area contributed by atoms with Crippen molar-refractivity contribution >= 4 is 23.1 Å². The number of anilines is 1. The highest BCUT2D eigenvalue weighted by molar-refractivity contribution is 6.28. The van der Waals surface area contributed by atoms with Gasteiger partial charge in [0.1, 0.15) is 18.6 Å². The molecule has 1 fully saturated rings. The minimum Gasteiger partial charge on any atom is -0.491 e. The number of nitrogens with zero attached hydrogens (tertiary/aromatic N) is 5. The SMILES string of the molecule is O=[N+]([O-])c1cn(CCC(O)COc2ccc(N3CCC(COc4ccc(C(F)(F)F)cn4)CC3)cc2)c(Cl)n1. The summed E-state index contributed by atoms with van der Waals surface area (Å²) in [5, 5.41) is 21.0. The van der Waals surface area contributed by atoms with Crippen LogP contribution in [0.4, 0.5) is 24.7 Å². The molecule has 39 heavy (non-hydrogen) atoms. The number of aliphatic hydroxyl groups excluding tert-OH is 1. The molecule has 14 heteroatoms. The number of nitro groups is 1. The van der Waals surface area contributed by atoms with E-state index in [4.69, 9.17) is 21.1 Å². The zero-order valence-corrected chi connectivity index (χ0v) is 21.5. The Balaban J connectivity index is 1.16. The number of rotatable bonds is 11. The third-order valence-corrected chi connectivity index (χ3v) is 6.70. The summed E-state index contributed by atoms with van der Waals surface area (Å²) in [5.41, 5.74) is 0.227. The first kappa shape index (κ1) is 28.4. The minimum atomic E-state index is -4.42. The molecule has 0 spiro atoms. The number of hydrogen-bond acceptors (Lipinski definition) is 8. The fraction of sp³-hybridized carbons (Fsp3) is 0.440. The van der Waals surface area contributed by atoms with Crippen molar-refractivity contribution in [3.8, 4) is 11.6 Å². The van der Waals surface area contributed by atoms with E-state index in [1.54, 1.807) is 0 Å². The molecule has 1 aliphatic rings. The summed E-state index contributed by atoms with van der Waals surface area (Å²) >= 11 is 5.88. The number of aliphatic hydroxyl groups is 1. The van der Waals surface area contributed by atoms with Crippen LogP contribution in [0.15, 0.2) is 48.8 Å². The maximum atomic E-state index is 12.7. The highest BCUT2D eigenvalue weighted by atomic mass is 35.5. The zero-order chi connectivity index (χ0) is 28.0. The van der Waals surface area contributed by atoms with Crippen LogP contribution in [0, 0.1) is 16.0 Å². The summed E-state index contributed by atoms with van der Waals surface area (Å²) in [5.74, 6) is 0.707. The normalized spacial score (nSPS) is 15.3. The van der Waals surface area contributed by atoms with Gasteiger partial charge in [0, 0.05) is 37.6 Å². The molecule has 1 atom stereocenters. The van der Waals surface area contributed by atoms with Crippen LogP contribution in [0.2, 0.25) is 5.28 Å². The number of pyridine rings is 1. The lowest BCUT2D eigenvalue weighted by molar-refractivity contribution is -0.389. The Bertz CT molecular complexity index is 1230. The number of imidazole rings is 1. The number of alkyl halides is 3. The van der Waals surface area contributed by atoms with Gasteiger partial charge in [-0.1, -0.05) is 0 Å². The Morgan fingerprint density at radius 1 is 1.15 bits per heavy atom. The van der Waals surface area contributed by atoms with Crippen molar-refractivity contribution in [2.75, 3.05) is 31.2 Å². The molecule has 10 nitrogen and oxygen atoms in total. The molecule has 1 aromatic carbocycles. The third-order valence-electron chi connectivity index (χ3n) is 6.39. The maximum Gasteiger partial charge on any atom is 0.417 e. The molecule has 0 aliphatic carbocycles. The summed E-state index contributed by atoms with van der Waals surface area (Å²) in [7, 11) is 0. The second kappa shape index (κ2) is 12.5. The van der Waals surface area contributed by atoms with Crippen LogP contribution in [0.5, 0.6) is 11.6 Å². The third kappa shape index (κ3) is 7.96. The Labute approximate surface area is 227 Å². The van der Waals surface area contributed by atoms with E-state index in [1.165, 1.54) is 16.8 Å². The van der Waals surface area contributed by atoms with Crippen molar-refractivity contribution in [2.24, 2.45) is 5.92 Å². The smallest absolute Gasteiger partial charge is 0.417 e. The van der Waals surface area contributed by atoms with Crippen LogP contribution in [-0.4, -0.2) is 57.0 Å². The average Bonchev–Trinajstić information content (AvgIpc) is 3.30. The lowest BCUT2D eigenvalue weighted by atomic mass is 9.97. The lowest BCUT2D eigenvalue weighted by Gasteiger charge is -2.33. The molecule has 0 bridgehead atoms. The monoisotopic (exact) mass is 569 g/mol. The molecule has 2 aromatic heterocycles. The predicted molar refractivity (Wildman–Crippen MR) is 136 cm³/mol. The van der Waals surface area contributed by atoms with Crippen molar-refractivity contribution in [3.63, 3.8) is 0 Å². The first-order valence-corrected chi connectivity index (χ1v) is 12.7. The van der Waals surface area contributed by atoms with E-state index in [9.17, 15) is 28.4 Å². The van der Waals surface area contributed by atoms with E-state index in [-0.39, 0.29) is 42.5 Å². The molecule has 3 heterocycles. The molecular weight excluding hydrogens is 543 g/mol. The number of benzene rings is 1. The van der Waals surface area contributed by atoms with Crippen LogP contribution in [0.3, 0.4) is 0 Å². The first-order valence-electron chi connectivity index (χ1n) is 12.3. The van der Waals surface area contributed by atoms with E-state index in [1.807, 2.05) is 24.3 Å². The Morgan fingerprint density at radius 3 is 2.46 bits per heavy atom. The van der Waals surface area contributed by atoms with Gasteiger partial charge in [0.2, 0.25) is 5.88 Å². The van der Waals surface area contributed by atoms with Crippen molar-refractivity contribution in [1.29, 1.82) is 0 Å². The van der Waals surface area contributed by atoms with Crippen LogP contribution in [-0.2, 0) is 12.7 Å². The number of aryl methyl sites for hydroxylation is 1. The Hall–Kier alpha value is -3.58. The summed E-state index contributed by atoms with van der Waals surface area (Å²) < 4.78 is 50.6. The number of hydrogen-bond donors (Lipinski definition) is 1. The van der Waals surface area contributed by atoms with Crippen molar-refractivity contribution in [2.45, 2.75) is 38.1 Å². The van der Waals surface area contributed by atoms with Gasteiger partial charge < -0.3 is 29.6 Å². The van der Waals surface area contributed by atoms with Gasteiger partial charge in [0.25, 0.3) is 0 Å². The van der Waals surface area contributed by atoms with Crippen molar-refractivity contribution in [1.82, 2.24) is 14.5 Å². The Kier molecular flexibility index (Phi) is 9.12. The van der Waals surface area contributed by atoms with E-state index < -0.39 is 22.8 Å². The van der Waals surface area contributed by atoms with Gasteiger partial charge in [0.15, 0.2) is 0 Å². The number of halogens is 4. The molecule has 0 radical (unpaired) electrons. The zero-order valence-electron chi connectivity index (χ0n) is 20.8. The fourth-order valence-corrected chi connectivity index (χ4v) is 4.36. The Morgan fingerprint density at radius 2 is 1.87 bits per heavy atom. The first-order chi connectivity index (χ1) is 18.6. The van der Waals surface area contributed by atoms with Gasteiger partial charge in [-0.25, -0.2) is 4.98 Å². The molecule has 0 saturated carbocycles. The molecule has 0 amide bonds. The molecule has 1 N–H and O–H groups in total. The fourth-order valence-electron chi connectivity index (χ4n) is 4.14. The predicted octanol–water partition coefficient (Wildman–Crippen LogP) is 4.98. The average molecular weight is 570 g/mol. The largest absolute Gasteiger partial charge is 0.491 e. The number of ether oxygens (including phenoxy) is 2. The second-order valence-corrected chi connectivity index (χ2v) is 9.53. The van der Waals surface area contributed by atoms with Gasteiger partial charge in [0.05, 0.1) is 18.3 Å². The molecule has 1 aliphatic heterocycles. The van der Waals surface area contributed by atoms with Gasteiger partial charge in [-0.3, -0.25) is 4.57 Å². The second-order valence-electron chi connectivity index (χ2n) is 9.19. The highest BCUT2D eigenvalue weighted by Crippen LogP contribution is 2.30. The molecule has 1 saturated heterocycles. The topological polar surface area (TPSA) is 116 Å². The molecule has 210 valence electrons. The summed E-state index contributed by atoms with van der Waals surface area (Å²) in [4.78, 5) is 19.8. The van der Waals surface area contributed by atoms with Crippen molar-refractivity contribution < 1.29 is 32.7 Å². The minimum absolute atomic E-state index is 0.0156. The highest BCUT2D eigenvalue weighted by Gasteiger charge is 2.30. The quantitative estimate of drug-likeness (QED) is 0.254. The van der Waals surface area contributed by atoms with Crippen LogP contribution < -0.4 is 14.4 Å². The van der Waals surface area contributed by atoms with Gasteiger partial charge >= 0.3 is 17.3 Å². The molecule has 3 aromatic rings.